The van der Waals surface area contributed by atoms with E-state index in [4.69, 9.17) is 8.83 Å². The Balaban J connectivity index is 0.00000101. The molecule has 1 N–H and O–H groups in total. The Morgan fingerprint density at radius 1 is 0.667 bits per heavy atom. The van der Waals surface area contributed by atoms with Gasteiger partial charge in [0.25, 0.3) is 0 Å². The standard InChI is InChI=1S/C28H19NO2.C2H6/c1-3-7-23-17(5-1)9-11-19-13-15-21-25(27(19)30-23)26-22(29-21)16-14-20-12-10-18-6-2-4-8-24(18)31-28(20)26;1-2/h1,3-5,7-16,29H,2,6H2;1-2H3. The molecule has 3 aromatic heterocycles. The summed E-state index contributed by atoms with van der Waals surface area (Å²) in [6.07, 6.45) is 6.34. The van der Waals surface area contributed by atoms with Gasteiger partial charge in [-0.2, -0.15) is 0 Å². The van der Waals surface area contributed by atoms with Crippen LogP contribution in [0, 0.1) is 0 Å². The number of fused-ring (bicyclic) bond motifs is 9. The molecule has 0 amide bonds. The van der Waals surface area contributed by atoms with E-state index in [1.54, 1.807) is 0 Å². The summed E-state index contributed by atoms with van der Waals surface area (Å²) in [5.41, 5.74) is 5.95. The molecule has 0 radical (unpaired) electrons. The van der Waals surface area contributed by atoms with E-state index >= 15 is 0 Å². The van der Waals surface area contributed by atoms with Gasteiger partial charge in [0.05, 0.1) is 21.8 Å². The van der Waals surface area contributed by atoms with Crippen LogP contribution in [-0.2, 0) is 6.42 Å². The molecule has 162 valence electrons. The van der Waals surface area contributed by atoms with Crippen LogP contribution in [0.1, 0.15) is 31.6 Å². The number of nitrogens with one attached hydrogen (secondary N) is 1. The minimum absolute atomic E-state index is 0.863. The number of hydrogen-bond donors (Lipinski definition) is 1. The van der Waals surface area contributed by atoms with Crippen LogP contribution in [0.3, 0.4) is 0 Å². The monoisotopic (exact) mass is 431 g/mol. The zero-order valence-electron chi connectivity index (χ0n) is 18.8. The Bertz CT molecular complexity index is 1740. The predicted octanol–water partition coefficient (Wildman–Crippen LogP) is 9.08. The lowest BCUT2D eigenvalue weighted by Crippen LogP contribution is -1.89. The van der Waals surface area contributed by atoms with E-state index in [1.165, 1.54) is 5.56 Å². The van der Waals surface area contributed by atoms with E-state index in [-0.39, 0.29) is 0 Å². The lowest BCUT2D eigenvalue weighted by atomic mass is 10.0. The maximum Gasteiger partial charge on any atom is 0.144 e. The molecule has 3 heterocycles. The smallest absolute Gasteiger partial charge is 0.144 e. The van der Waals surface area contributed by atoms with Gasteiger partial charge in [-0.05, 0) is 54.8 Å². The molecule has 33 heavy (non-hydrogen) atoms. The molecule has 1 aliphatic carbocycles. The highest BCUT2D eigenvalue weighted by Crippen LogP contribution is 2.38. The number of para-hydroxylation sites is 1. The van der Waals surface area contributed by atoms with E-state index in [9.17, 15) is 0 Å². The Morgan fingerprint density at radius 3 is 2.09 bits per heavy atom. The highest BCUT2D eigenvalue weighted by Gasteiger charge is 2.15. The molecule has 3 heteroatoms. The number of aromatic nitrogens is 1. The van der Waals surface area contributed by atoms with E-state index in [0.29, 0.717) is 0 Å². The van der Waals surface area contributed by atoms with Crippen molar-refractivity contribution < 1.29 is 8.83 Å². The van der Waals surface area contributed by atoms with Crippen molar-refractivity contribution in [1.82, 2.24) is 4.98 Å². The van der Waals surface area contributed by atoms with Gasteiger partial charge in [-0.25, -0.2) is 0 Å². The summed E-state index contributed by atoms with van der Waals surface area (Å²) in [4.78, 5) is 3.57. The summed E-state index contributed by atoms with van der Waals surface area (Å²) >= 11 is 0. The lowest BCUT2D eigenvalue weighted by Gasteiger charge is -2.05. The van der Waals surface area contributed by atoms with Crippen molar-refractivity contribution in [3.05, 3.63) is 90.2 Å². The molecule has 0 spiro atoms. The van der Waals surface area contributed by atoms with Gasteiger partial charge in [-0.3, -0.25) is 0 Å². The van der Waals surface area contributed by atoms with Crippen molar-refractivity contribution >= 4 is 60.8 Å². The molecule has 0 saturated heterocycles. The van der Waals surface area contributed by atoms with Crippen molar-refractivity contribution in [2.24, 2.45) is 0 Å². The van der Waals surface area contributed by atoms with Crippen LogP contribution in [-0.4, -0.2) is 4.98 Å². The van der Waals surface area contributed by atoms with E-state index in [0.717, 1.165) is 73.3 Å². The fraction of sp³-hybridized carbons (Fsp3) is 0.133. The Kier molecular flexibility index (Phi) is 4.69. The highest BCUT2D eigenvalue weighted by molar-refractivity contribution is 6.25. The number of aromatic amines is 1. The van der Waals surface area contributed by atoms with Crippen molar-refractivity contribution in [3.63, 3.8) is 0 Å². The Labute approximate surface area is 191 Å². The van der Waals surface area contributed by atoms with Crippen LogP contribution in [0.15, 0.2) is 87.7 Å². The fourth-order valence-electron chi connectivity index (χ4n) is 4.76. The quantitative estimate of drug-likeness (QED) is 0.260. The van der Waals surface area contributed by atoms with Gasteiger partial charge in [0.15, 0.2) is 0 Å². The second-order valence-corrected chi connectivity index (χ2v) is 8.18. The van der Waals surface area contributed by atoms with Gasteiger partial charge in [0.1, 0.15) is 22.5 Å². The SMILES string of the molecule is C1=Cc2oc3c(ccc2CC1)ccc1[nH]c2ccc4ccc5ccccc5oc4c2c13.CC. The molecule has 1 aliphatic rings. The average Bonchev–Trinajstić information content (AvgIpc) is 3.01. The number of hydrogen-bond acceptors (Lipinski definition) is 2. The highest BCUT2D eigenvalue weighted by atomic mass is 16.3. The Hall–Kier alpha value is -3.98. The van der Waals surface area contributed by atoms with Gasteiger partial charge in [0, 0.05) is 16.2 Å². The largest absolute Gasteiger partial charge is 0.456 e. The summed E-state index contributed by atoms with van der Waals surface area (Å²) in [6.45, 7) is 4.00. The molecule has 3 nitrogen and oxygen atoms in total. The summed E-state index contributed by atoms with van der Waals surface area (Å²) in [5.74, 6) is 0.941. The summed E-state index contributed by atoms with van der Waals surface area (Å²) in [7, 11) is 0. The third-order valence-electron chi connectivity index (χ3n) is 6.31. The first-order chi connectivity index (χ1) is 16.3. The van der Waals surface area contributed by atoms with Crippen LogP contribution in [0.5, 0.6) is 0 Å². The molecule has 3 aromatic carbocycles. The molecule has 0 atom stereocenters. The summed E-state index contributed by atoms with van der Waals surface area (Å²) in [6, 6.07) is 25.3. The first-order valence-corrected chi connectivity index (χ1v) is 11.7. The first kappa shape index (κ1) is 19.7. The molecule has 0 aliphatic heterocycles. The second-order valence-electron chi connectivity index (χ2n) is 8.18. The zero-order chi connectivity index (χ0) is 22.4. The zero-order valence-corrected chi connectivity index (χ0v) is 18.8. The minimum atomic E-state index is 0.863. The van der Waals surface area contributed by atoms with E-state index in [2.05, 4.69) is 71.7 Å². The van der Waals surface area contributed by atoms with Crippen molar-refractivity contribution in [2.45, 2.75) is 26.7 Å². The van der Waals surface area contributed by atoms with Crippen molar-refractivity contribution in [1.29, 1.82) is 0 Å². The third kappa shape index (κ3) is 3.12. The summed E-state index contributed by atoms with van der Waals surface area (Å²) in [5, 5.41) is 5.34. The number of rotatable bonds is 0. The van der Waals surface area contributed by atoms with Crippen LogP contribution in [0.25, 0.3) is 60.8 Å². The normalized spacial score (nSPS) is 12.8. The predicted molar refractivity (Wildman–Crippen MR) is 139 cm³/mol. The number of benzene rings is 3. The Morgan fingerprint density at radius 2 is 1.30 bits per heavy atom. The molecule has 0 bridgehead atoms. The number of allylic oxidation sites excluding steroid dienone is 1. The van der Waals surface area contributed by atoms with Crippen molar-refractivity contribution in [2.75, 3.05) is 0 Å². The van der Waals surface area contributed by atoms with Gasteiger partial charge in [-0.1, -0.05) is 62.4 Å². The fourth-order valence-corrected chi connectivity index (χ4v) is 4.76. The maximum atomic E-state index is 6.57. The van der Waals surface area contributed by atoms with Gasteiger partial charge < -0.3 is 13.8 Å². The summed E-state index contributed by atoms with van der Waals surface area (Å²) < 4.78 is 13.1. The van der Waals surface area contributed by atoms with Crippen LogP contribution in [0.2, 0.25) is 0 Å². The van der Waals surface area contributed by atoms with Crippen LogP contribution >= 0.6 is 0 Å². The first-order valence-electron chi connectivity index (χ1n) is 11.7. The number of aryl methyl sites for hydroxylation is 1. The third-order valence-corrected chi connectivity index (χ3v) is 6.31. The number of H-pyrrole nitrogens is 1. The van der Waals surface area contributed by atoms with E-state index < -0.39 is 0 Å². The molecule has 0 fully saturated rings. The molecule has 0 saturated carbocycles. The molecule has 0 unspecified atom stereocenters. The lowest BCUT2D eigenvalue weighted by molar-refractivity contribution is 0.587. The molecule has 7 rings (SSSR count). The van der Waals surface area contributed by atoms with Crippen molar-refractivity contribution in [3.8, 4) is 0 Å². The van der Waals surface area contributed by atoms with E-state index in [1.807, 2.05) is 32.0 Å². The molecule has 6 aromatic rings. The van der Waals surface area contributed by atoms with Gasteiger partial charge in [-0.15, -0.1) is 0 Å². The van der Waals surface area contributed by atoms with Gasteiger partial charge in [0.2, 0.25) is 0 Å². The second kappa shape index (κ2) is 7.86. The minimum Gasteiger partial charge on any atom is -0.456 e. The average molecular weight is 432 g/mol. The van der Waals surface area contributed by atoms with Crippen LogP contribution in [0.4, 0.5) is 0 Å². The molecular weight excluding hydrogens is 406 g/mol. The van der Waals surface area contributed by atoms with Gasteiger partial charge >= 0.3 is 0 Å². The van der Waals surface area contributed by atoms with Crippen LogP contribution < -0.4 is 0 Å². The maximum absolute atomic E-state index is 6.57. The molecular formula is C30H25NO2. The topological polar surface area (TPSA) is 42.1 Å².